The molecule has 1 aliphatic rings. The molecule has 1 atom stereocenters. The minimum absolute atomic E-state index is 0.0506. The van der Waals surface area contributed by atoms with E-state index >= 15 is 0 Å². The van der Waals surface area contributed by atoms with E-state index < -0.39 is 30.8 Å². The maximum absolute atomic E-state index is 12.1. The molecule has 0 aliphatic carbocycles. The van der Waals surface area contributed by atoms with E-state index in [-0.39, 0.29) is 28.8 Å². The van der Waals surface area contributed by atoms with Crippen molar-refractivity contribution in [2.24, 2.45) is 0 Å². The van der Waals surface area contributed by atoms with Crippen LogP contribution in [0.2, 0.25) is 0 Å². The largest absolute Gasteiger partial charge is 0.386 e. The molecule has 1 fully saturated rings. The third kappa shape index (κ3) is 5.28. The summed E-state index contributed by atoms with van der Waals surface area (Å²) in [7, 11) is -7.51. The van der Waals surface area contributed by atoms with Gasteiger partial charge in [0.2, 0.25) is 0 Å². The number of hydrogen-bond donors (Lipinski definition) is 3. The summed E-state index contributed by atoms with van der Waals surface area (Å²) < 4.78 is 53.9. The lowest BCUT2D eigenvalue weighted by molar-refractivity contribution is -0.112. The van der Waals surface area contributed by atoms with E-state index in [4.69, 9.17) is 9.81 Å². The predicted molar refractivity (Wildman–Crippen MR) is 88.8 cm³/mol. The van der Waals surface area contributed by atoms with Crippen molar-refractivity contribution in [1.29, 1.82) is 5.26 Å². The molecule has 1 amide bonds. The zero-order valence-electron chi connectivity index (χ0n) is 12.8. The molecule has 3 N–H and O–H groups in total. The quantitative estimate of drug-likeness (QED) is 0.365. The summed E-state index contributed by atoms with van der Waals surface area (Å²) in [6, 6.07) is 6.20. The lowest BCUT2D eigenvalue weighted by Gasteiger charge is -2.09. The number of benzene rings is 1. The van der Waals surface area contributed by atoms with Crippen LogP contribution in [0.4, 0.5) is 5.69 Å². The van der Waals surface area contributed by atoms with E-state index in [0.29, 0.717) is 6.42 Å². The van der Waals surface area contributed by atoms with E-state index in [2.05, 4.69) is 10.6 Å². The van der Waals surface area contributed by atoms with Gasteiger partial charge < -0.3 is 10.6 Å². The highest BCUT2D eigenvalue weighted by atomic mass is 32.2. The third-order valence-electron chi connectivity index (χ3n) is 3.45. The standard InChI is InChI=1S/C14H15N3O6S2/c15-7-10(8-16-12-4-5-24(19,20)9-12)14(18)17-11-2-1-3-13(6-11)25(21,22)23/h1-3,6,8,12,16H,4-5,9H2,(H,17,18)(H,21,22,23)/b10-8-. The molecule has 0 radical (unpaired) electrons. The third-order valence-corrected chi connectivity index (χ3v) is 6.07. The molecule has 1 aromatic rings. The van der Waals surface area contributed by atoms with Crippen LogP contribution < -0.4 is 10.6 Å². The van der Waals surface area contributed by atoms with Gasteiger partial charge in [-0.1, -0.05) is 6.07 Å². The summed E-state index contributed by atoms with van der Waals surface area (Å²) in [5.74, 6) is -0.821. The number of carbonyl (C=O) groups excluding carboxylic acids is 1. The molecule has 0 saturated carbocycles. The van der Waals surface area contributed by atoms with Crippen molar-refractivity contribution >= 4 is 31.5 Å². The van der Waals surface area contributed by atoms with Crippen molar-refractivity contribution in [1.82, 2.24) is 5.32 Å². The van der Waals surface area contributed by atoms with Gasteiger partial charge in [0.1, 0.15) is 11.6 Å². The van der Waals surface area contributed by atoms with Crippen LogP contribution in [-0.4, -0.2) is 44.8 Å². The van der Waals surface area contributed by atoms with Crippen LogP contribution in [0.5, 0.6) is 0 Å². The predicted octanol–water partition coefficient (Wildman–Crippen LogP) is 0.0560. The van der Waals surface area contributed by atoms with Crippen LogP contribution in [-0.2, 0) is 24.7 Å². The number of sulfone groups is 1. The zero-order chi connectivity index (χ0) is 18.7. The number of nitriles is 1. The van der Waals surface area contributed by atoms with Crippen molar-refractivity contribution in [2.75, 3.05) is 16.8 Å². The van der Waals surface area contributed by atoms with Crippen LogP contribution in [0.1, 0.15) is 6.42 Å². The number of anilines is 1. The number of nitrogens with one attached hydrogen (secondary N) is 2. The Morgan fingerprint density at radius 1 is 1.40 bits per heavy atom. The number of hydrogen-bond acceptors (Lipinski definition) is 7. The first kappa shape index (κ1) is 18.9. The molecule has 1 unspecified atom stereocenters. The van der Waals surface area contributed by atoms with Crippen molar-refractivity contribution in [2.45, 2.75) is 17.4 Å². The Kier molecular flexibility index (Phi) is 5.46. The van der Waals surface area contributed by atoms with Gasteiger partial charge >= 0.3 is 0 Å². The summed E-state index contributed by atoms with van der Waals surface area (Å²) in [5, 5.41) is 14.1. The van der Waals surface area contributed by atoms with Gasteiger partial charge in [0, 0.05) is 17.9 Å². The van der Waals surface area contributed by atoms with Crippen LogP contribution in [0.15, 0.2) is 40.9 Å². The van der Waals surface area contributed by atoms with Gasteiger partial charge in [0.15, 0.2) is 9.84 Å². The van der Waals surface area contributed by atoms with Gasteiger partial charge in [-0.05, 0) is 24.6 Å². The fourth-order valence-corrected chi connectivity index (χ4v) is 4.42. The normalized spacial score (nSPS) is 19.8. The van der Waals surface area contributed by atoms with E-state index in [1.54, 1.807) is 6.07 Å². The monoisotopic (exact) mass is 385 g/mol. The molecule has 134 valence electrons. The highest BCUT2D eigenvalue weighted by molar-refractivity contribution is 7.91. The molecular formula is C14H15N3O6S2. The first-order valence-corrected chi connectivity index (χ1v) is 10.3. The van der Waals surface area contributed by atoms with E-state index in [9.17, 15) is 21.6 Å². The van der Waals surface area contributed by atoms with Crippen molar-refractivity contribution in [3.8, 4) is 6.07 Å². The minimum Gasteiger partial charge on any atom is -0.386 e. The highest BCUT2D eigenvalue weighted by Gasteiger charge is 2.27. The second kappa shape index (κ2) is 7.22. The second-order valence-corrected chi connectivity index (χ2v) is 9.04. The smallest absolute Gasteiger partial charge is 0.294 e. The SMILES string of the molecule is N#C/C(=C/NC1CCS(=O)(=O)C1)C(=O)Nc1cccc(S(=O)(=O)O)c1. The molecule has 1 aromatic carbocycles. The Hall–Kier alpha value is -2.42. The maximum Gasteiger partial charge on any atom is 0.294 e. The molecular weight excluding hydrogens is 370 g/mol. The molecule has 9 nitrogen and oxygen atoms in total. The van der Waals surface area contributed by atoms with Crippen molar-refractivity contribution < 1.29 is 26.2 Å². The average Bonchev–Trinajstić information content (AvgIpc) is 2.86. The summed E-state index contributed by atoms with van der Waals surface area (Å²) >= 11 is 0. The molecule has 25 heavy (non-hydrogen) atoms. The Labute approximate surface area is 145 Å². The lowest BCUT2D eigenvalue weighted by Crippen LogP contribution is -2.27. The van der Waals surface area contributed by atoms with E-state index in [0.717, 1.165) is 18.3 Å². The number of carbonyl (C=O) groups is 1. The summed E-state index contributed by atoms with van der Waals surface area (Å²) in [6.07, 6.45) is 1.52. The molecule has 0 aromatic heterocycles. The van der Waals surface area contributed by atoms with Gasteiger partial charge in [-0.3, -0.25) is 9.35 Å². The Morgan fingerprint density at radius 2 is 2.12 bits per heavy atom. The van der Waals surface area contributed by atoms with Gasteiger partial charge in [-0.15, -0.1) is 0 Å². The van der Waals surface area contributed by atoms with Gasteiger partial charge in [0.05, 0.1) is 16.4 Å². The molecule has 1 heterocycles. The molecule has 0 spiro atoms. The molecule has 2 rings (SSSR count). The van der Waals surface area contributed by atoms with Gasteiger partial charge in [0.25, 0.3) is 16.0 Å². The first-order valence-electron chi connectivity index (χ1n) is 7.06. The van der Waals surface area contributed by atoms with Crippen molar-refractivity contribution in [3.05, 3.63) is 36.0 Å². The van der Waals surface area contributed by atoms with Crippen LogP contribution in [0.25, 0.3) is 0 Å². The molecule has 1 aliphatic heterocycles. The van der Waals surface area contributed by atoms with Crippen LogP contribution in [0.3, 0.4) is 0 Å². The van der Waals surface area contributed by atoms with Crippen LogP contribution in [0, 0.1) is 11.3 Å². The fraction of sp³-hybridized carbons (Fsp3) is 0.286. The van der Waals surface area contributed by atoms with E-state index in [1.807, 2.05) is 0 Å². The van der Waals surface area contributed by atoms with Crippen molar-refractivity contribution in [3.63, 3.8) is 0 Å². The molecule has 11 heteroatoms. The Morgan fingerprint density at radius 3 is 2.68 bits per heavy atom. The van der Waals surface area contributed by atoms with Gasteiger partial charge in [-0.2, -0.15) is 13.7 Å². The lowest BCUT2D eigenvalue weighted by atomic mass is 10.2. The number of nitrogens with zero attached hydrogens (tertiary/aromatic N) is 1. The summed E-state index contributed by atoms with van der Waals surface area (Å²) in [4.78, 5) is 11.7. The fourth-order valence-electron chi connectivity index (χ4n) is 2.21. The second-order valence-electron chi connectivity index (χ2n) is 5.39. The minimum atomic E-state index is -4.42. The topological polar surface area (TPSA) is 153 Å². The highest BCUT2D eigenvalue weighted by Crippen LogP contribution is 2.16. The van der Waals surface area contributed by atoms with Gasteiger partial charge in [-0.25, -0.2) is 8.42 Å². The zero-order valence-corrected chi connectivity index (χ0v) is 14.5. The van der Waals surface area contributed by atoms with E-state index in [1.165, 1.54) is 12.1 Å². The maximum atomic E-state index is 12.1. The Balaban J connectivity index is 2.08. The number of amides is 1. The van der Waals surface area contributed by atoms with Crippen LogP contribution >= 0.6 is 0 Å². The summed E-state index contributed by atoms with van der Waals surface area (Å²) in [6.45, 7) is 0. The average molecular weight is 385 g/mol. The molecule has 1 saturated heterocycles. The first-order chi connectivity index (χ1) is 11.6. The summed E-state index contributed by atoms with van der Waals surface area (Å²) in [5.41, 5.74) is -0.230. The number of rotatable bonds is 5. The molecule has 0 bridgehead atoms. The Bertz CT molecular complexity index is 961.